The third kappa shape index (κ3) is 3.21. The number of aromatic nitrogens is 4. The molecule has 7 nitrogen and oxygen atoms in total. The fraction of sp³-hybridized carbons (Fsp3) is 0.588. The molecule has 0 bridgehead atoms. The van der Waals surface area contributed by atoms with Crippen LogP contribution in [0.25, 0.3) is 0 Å². The summed E-state index contributed by atoms with van der Waals surface area (Å²) in [5.74, 6) is 1.58. The largest absolute Gasteiger partial charge is 0.481 e. The highest BCUT2D eigenvalue weighted by molar-refractivity contribution is 5.38. The van der Waals surface area contributed by atoms with E-state index >= 15 is 0 Å². The van der Waals surface area contributed by atoms with Crippen LogP contribution in [0.5, 0.6) is 5.88 Å². The van der Waals surface area contributed by atoms with Gasteiger partial charge < -0.3 is 14.7 Å². The van der Waals surface area contributed by atoms with Crippen LogP contribution in [0.4, 0.5) is 5.95 Å². The number of hydrogen-bond acceptors (Lipinski definition) is 6. The van der Waals surface area contributed by atoms with Crippen molar-refractivity contribution >= 4 is 5.95 Å². The molecule has 2 atom stereocenters. The molecule has 1 fully saturated rings. The van der Waals surface area contributed by atoms with Crippen molar-refractivity contribution in [3.05, 3.63) is 29.7 Å². The second-order valence-corrected chi connectivity index (χ2v) is 6.65. The third-order valence-corrected chi connectivity index (χ3v) is 4.57. The first-order valence-corrected chi connectivity index (χ1v) is 8.31. The van der Waals surface area contributed by atoms with Crippen LogP contribution in [0.3, 0.4) is 0 Å². The minimum Gasteiger partial charge on any atom is -0.481 e. The Hall–Kier alpha value is -2.15. The van der Waals surface area contributed by atoms with Gasteiger partial charge in [-0.05, 0) is 26.3 Å². The highest BCUT2D eigenvalue weighted by Gasteiger charge is 2.35. The fourth-order valence-corrected chi connectivity index (χ4v) is 3.19. The Labute approximate surface area is 142 Å². The monoisotopic (exact) mass is 331 g/mol. The molecule has 0 radical (unpaired) electrons. The van der Waals surface area contributed by atoms with E-state index in [1.165, 1.54) is 0 Å². The molecular formula is C17H25N5O2. The first kappa shape index (κ1) is 16.7. The van der Waals surface area contributed by atoms with Crippen molar-refractivity contribution in [1.82, 2.24) is 19.7 Å². The van der Waals surface area contributed by atoms with Gasteiger partial charge in [-0.15, -0.1) is 0 Å². The highest BCUT2D eigenvalue weighted by atomic mass is 16.5. The number of anilines is 1. The number of methoxy groups -OCH3 is 1. The van der Waals surface area contributed by atoms with Gasteiger partial charge in [-0.25, -0.2) is 4.98 Å². The van der Waals surface area contributed by atoms with Gasteiger partial charge in [0.05, 0.1) is 13.3 Å². The molecule has 0 unspecified atom stereocenters. The summed E-state index contributed by atoms with van der Waals surface area (Å²) in [6.45, 7) is 7.76. The summed E-state index contributed by atoms with van der Waals surface area (Å²) in [5, 5.41) is 14.2. The molecule has 0 spiro atoms. The van der Waals surface area contributed by atoms with Crippen molar-refractivity contribution in [2.45, 2.75) is 32.7 Å². The normalized spacial score (nSPS) is 20.8. The molecule has 1 aliphatic rings. The van der Waals surface area contributed by atoms with Crippen molar-refractivity contribution < 1.29 is 9.84 Å². The quantitative estimate of drug-likeness (QED) is 0.900. The summed E-state index contributed by atoms with van der Waals surface area (Å²) >= 11 is 0. The van der Waals surface area contributed by atoms with Gasteiger partial charge in [-0.2, -0.15) is 10.1 Å². The SMILES string of the molecule is COc1cc(C)nc(N2C[C@@H](CO)[C@H](c3cnn(C(C)C)c3)C2)n1. The Morgan fingerprint density at radius 3 is 2.75 bits per heavy atom. The molecule has 3 heterocycles. The summed E-state index contributed by atoms with van der Waals surface area (Å²) in [6, 6.07) is 2.14. The lowest BCUT2D eigenvalue weighted by molar-refractivity contribution is 0.227. The number of ether oxygens (including phenoxy) is 1. The Morgan fingerprint density at radius 2 is 2.12 bits per heavy atom. The van der Waals surface area contributed by atoms with Crippen molar-refractivity contribution in [2.75, 3.05) is 31.7 Å². The summed E-state index contributed by atoms with van der Waals surface area (Å²) in [7, 11) is 1.61. The van der Waals surface area contributed by atoms with Crippen LogP contribution in [0.2, 0.25) is 0 Å². The van der Waals surface area contributed by atoms with Crippen molar-refractivity contribution in [1.29, 1.82) is 0 Å². The zero-order chi connectivity index (χ0) is 17.3. The van der Waals surface area contributed by atoms with Gasteiger partial charge in [-0.1, -0.05) is 0 Å². The summed E-state index contributed by atoms with van der Waals surface area (Å²) in [5.41, 5.74) is 2.03. The average molecular weight is 331 g/mol. The van der Waals surface area contributed by atoms with E-state index in [0.29, 0.717) is 17.9 Å². The van der Waals surface area contributed by atoms with Crippen molar-refractivity contribution in [2.24, 2.45) is 5.92 Å². The first-order chi connectivity index (χ1) is 11.5. The number of aliphatic hydroxyl groups is 1. The second kappa shape index (κ2) is 6.76. The summed E-state index contributed by atoms with van der Waals surface area (Å²) in [6.07, 6.45) is 3.99. The van der Waals surface area contributed by atoms with Gasteiger partial charge in [0.15, 0.2) is 0 Å². The Morgan fingerprint density at radius 1 is 1.33 bits per heavy atom. The second-order valence-electron chi connectivity index (χ2n) is 6.65. The average Bonchev–Trinajstić information content (AvgIpc) is 3.20. The predicted molar refractivity (Wildman–Crippen MR) is 91.5 cm³/mol. The molecule has 2 aromatic rings. The molecule has 1 aliphatic heterocycles. The van der Waals surface area contributed by atoms with E-state index in [-0.39, 0.29) is 18.4 Å². The van der Waals surface area contributed by atoms with E-state index in [4.69, 9.17) is 4.74 Å². The van der Waals surface area contributed by atoms with E-state index < -0.39 is 0 Å². The van der Waals surface area contributed by atoms with Gasteiger partial charge in [0.2, 0.25) is 11.8 Å². The summed E-state index contributed by atoms with van der Waals surface area (Å²) in [4.78, 5) is 11.1. The number of nitrogens with zero attached hydrogens (tertiary/aromatic N) is 5. The molecule has 1 N–H and O–H groups in total. The van der Waals surface area contributed by atoms with E-state index in [0.717, 1.165) is 24.3 Å². The lowest BCUT2D eigenvalue weighted by Crippen LogP contribution is -2.23. The van der Waals surface area contributed by atoms with E-state index in [2.05, 4.69) is 40.0 Å². The standard InChI is InChI=1S/C17H25N5O2/c1-11(2)22-8-13(6-18-22)15-9-21(7-14(15)10-23)17-19-12(3)5-16(20-17)24-4/h5-6,8,11,14-15,23H,7,9-10H2,1-4H3/t14-,15-/m0/s1. The Kier molecular flexibility index (Phi) is 4.71. The number of hydrogen-bond donors (Lipinski definition) is 1. The number of rotatable bonds is 5. The maximum absolute atomic E-state index is 9.81. The van der Waals surface area contributed by atoms with Gasteiger partial charge in [0.1, 0.15) is 0 Å². The lowest BCUT2D eigenvalue weighted by atomic mass is 9.92. The smallest absolute Gasteiger partial charge is 0.228 e. The van der Waals surface area contributed by atoms with Crippen LogP contribution in [0.15, 0.2) is 18.5 Å². The van der Waals surface area contributed by atoms with Gasteiger partial charge in [0, 0.05) is 55.5 Å². The minimum atomic E-state index is 0.136. The zero-order valence-corrected chi connectivity index (χ0v) is 14.7. The molecule has 3 rings (SSSR count). The van der Waals surface area contributed by atoms with Crippen molar-refractivity contribution in [3.63, 3.8) is 0 Å². The number of aliphatic hydroxyl groups excluding tert-OH is 1. The molecule has 130 valence electrons. The first-order valence-electron chi connectivity index (χ1n) is 8.31. The molecule has 24 heavy (non-hydrogen) atoms. The number of aryl methyl sites for hydroxylation is 1. The molecule has 0 saturated carbocycles. The van der Waals surface area contributed by atoms with Crippen LogP contribution in [0.1, 0.15) is 37.1 Å². The molecule has 2 aromatic heterocycles. The maximum Gasteiger partial charge on any atom is 0.228 e. The topological polar surface area (TPSA) is 76.3 Å². The molecule has 0 aromatic carbocycles. The van der Waals surface area contributed by atoms with Crippen LogP contribution in [-0.4, -0.2) is 51.7 Å². The van der Waals surface area contributed by atoms with E-state index in [1.54, 1.807) is 7.11 Å². The van der Waals surface area contributed by atoms with Crippen molar-refractivity contribution in [3.8, 4) is 5.88 Å². The van der Waals surface area contributed by atoms with Crippen LogP contribution in [0, 0.1) is 12.8 Å². The summed E-state index contributed by atoms with van der Waals surface area (Å²) < 4.78 is 7.21. The molecule has 0 amide bonds. The van der Waals surface area contributed by atoms with Gasteiger partial charge >= 0.3 is 0 Å². The third-order valence-electron chi connectivity index (χ3n) is 4.57. The minimum absolute atomic E-state index is 0.136. The van der Waals surface area contributed by atoms with Crippen LogP contribution < -0.4 is 9.64 Å². The molecule has 7 heteroatoms. The fourth-order valence-electron chi connectivity index (χ4n) is 3.19. The molecular weight excluding hydrogens is 306 g/mol. The van der Waals surface area contributed by atoms with E-state index in [1.807, 2.05) is 23.9 Å². The Balaban J connectivity index is 1.85. The lowest BCUT2D eigenvalue weighted by Gasteiger charge is -2.17. The van der Waals surface area contributed by atoms with Gasteiger partial charge in [-0.3, -0.25) is 4.68 Å². The Bertz CT molecular complexity index is 700. The maximum atomic E-state index is 9.81. The van der Waals surface area contributed by atoms with E-state index in [9.17, 15) is 5.11 Å². The van der Waals surface area contributed by atoms with Crippen LogP contribution >= 0.6 is 0 Å². The molecule has 1 saturated heterocycles. The zero-order valence-electron chi connectivity index (χ0n) is 14.7. The van der Waals surface area contributed by atoms with Crippen LogP contribution in [-0.2, 0) is 0 Å². The van der Waals surface area contributed by atoms with Gasteiger partial charge in [0.25, 0.3) is 0 Å². The predicted octanol–water partition coefficient (Wildman–Crippen LogP) is 1.78. The highest BCUT2D eigenvalue weighted by Crippen LogP contribution is 2.34. The molecule has 0 aliphatic carbocycles.